The van der Waals surface area contributed by atoms with Crippen LogP contribution in [0.25, 0.3) is 0 Å². The number of hydrogen-bond acceptors (Lipinski definition) is 3. The highest BCUT2D eigenvalue weighted by Crippen LogP contribution is 2.11. The quantitative estimate of drug-likeness (QED) is 0.702. The number of aliphatic hydroxyl groups is 1. The Morgan fingerprint density at radius 3 is 2.47 bits per heavy atom. The Balaban J connectivity index is 2.43. The van der Waals surface area contributed by atoms with Crippen LogP contribution in [0.3, 0.4) is 0 Å². The fourth-order valence-electron chi connectivity index (χ4n) is 1.51. The topological polar surface area (TPSA) is 69.6 Å². The molecule has 1 rings (SSSR count). The van der Waals surface area contributed by atoms with E-state index in [-0.39, 0.29) is 12.5 Å². The van der Waals surface area contributed by atoms with Crippen molar-refractivity contribution in [3.63, 3.8) is 0 Å². The number of hydrogen-bond donors (Lipinski definition) is 2. The van der Waals surface area contributed by atoms with Crippen molar-refractivity contribution < 1.29 is 13.5 Å². The van der Waals surface area contributed by atoms with E-state index in [0.717, 1.165) is 19.3 Å². The molecule has 5 nitrogen and oxygen atoms in total. The van der Waals surface area contributed by atoms with Gasteiger partial charge in [-0.25, -0.2) is 4.72 Å². The predicted molar refractivity (Wildman–Crippen MR) is 58.6 cm³/mol. The Bertz CT molecular complexity index is 273. The van der Waals surface area contributed by atoms with Crippen LogP contribution in [0.15, 0.2) is 0 Å². The molecule has 0 unspecified atom stereocenters. The van der Waals surface area contributed by atoms with Crippen LogP contribution in [0.2, 0.25) is 0 Å². The Morgan fingerprint density at radius 2 is 1.93 bits per heavy atom. The highest BCUT2D eigenvalue weighted by Gasteiger charge is 2.23. The van der Waals surface area contributed by atoms with Gasteiger partial charge < -0.3 is 5.11 Å². The van der Waals surface area contributed by atoms with Gasteiger partial charge in [0.05, 0.1) is 0 Å². The highest BCUT2D eigenvalue weighted by atomic mass is 32.2. The first kappa shape index (κ1) is 12.9. The third-order valence-electron chi connectivity index (χ3n) is 2.58. The molecule has 0 aromatic heterocycles. The molecule has 0 amide bonds. The first-order chi connectivity index (χ1) is 7.06. The van der Waals surface area contributed by atoms with Crippen molar-refractivity contribution in [2.24, 2.45) is 5.92 Å². The van der Waals surface area contributed by atoms with Gasteiger partial charge in [0.2, 0.25) is 0 Å². The molecule has 15 heavy (non-hydrogen) atoms. The molecule has 1 aliphatic rings. The molecule has 1 saturated heterocycles. The summed E-state index contributed by atoms with van der Waals surface area (Å²) >= 11 is 0. The van der Waals surface area contributed by atoms with Crippen LogP contribution in [0, 0.1) is 5.92 Å². The van der Waals surface area contributed by atoms with Gasteiger partial charge >= 0.3 is 0 Å². The second-order valence-electron chi connectivity index (χ2n) is 4.10. The molecule has 6 heteroatoms. The number of piperidine rings is 1. The molecule has 90 valence electrons. The molecule has 0 bridgehead atoms. The molecular weight excluding hydrogens is 216 g/mol. The van der Waals surface area contributed by atoms with Crippen molar-refractivity contribution in [1.29, 1.82) is 0 Å². The largest absolute Gasteiger partial charge is 0.396 e. The van der Waals surface area contributed by atoms with Gasteiger partial charge in [0.1, 0.15) is 0 Å². The van der Waals surface area contributed by atoms with Gasteiger partial charge in [0.15, 0.2) is 0 Å². The Labute approximate surface area is 91.7 Å². The SMILES string of the molecule is C[C@@H](CO)CNS(=O)(=O)N1CCCCC1. The summed E-state index contributed by atoms with van der Waals surface area (Å²) in [5, 5.41) is 8.79. The summed E-state index contributed by atoms with van der Waals surface area (Å²) in [5.41, 5.74) is 0. The lowest BCUT2D eigenvalue weighted by Crippen LogP contribution is -2.44. The minimum Gasteiger partial charge on any atom is -0.396 e. The molecule has 0 radical (unpaired) electrons. The van der Waals surface area contributed by atoms with Gasteiger partial charge in [-0.15, -0.1) is 0 Å². The minimum absolute atomic E-state index is 0.00250. The van der Waals surface area contributed by atoms with E-state index in [1.165, 1.54) is 4.31 Å². The monoisotopic (exact) mass is 236 g/mol. The summed E-state index contributed by atoms with van der Waals surface area (Å²) in [4.78, 5) is 0. The van der Waals surface area contributed by atoms with Gasteiger partial charge in [0, 0.05) is 26.2 Å². The predicted octanol–water partition coefficient (Wildman–Crippen LogP) is -0.0649. The highest BCUT2D eigenvalue weighted by molar-refractivity contribution is 7.87. The van der Waals surface area contributed by atoms with Crippen molar-refractivity contribution in [1.82, 2.24) is 9.03 Å². The van der Waals surface area contributed by atoms with E-state index in [1.807, 2.05) is 0 Å². The van der Waals surface area contributed by atoms with Crippen molar-refractivity contribution in [3.8, 4) is 0 Å². The summed E-state index contributed by atoms with van der Waals surface area (Å²) < 4.78 is 27.5. The van der Waals surface area contributed by atoms with E-state index < -0.39 is 10.2 Å². The van der Waals surface area contributed by atoms with E-state index in [4.69, 9.17) is 5.11 Å². The molecule has 0 aliphatic carbocycles. The smallest absolute Gasteiger partial charge is 0.279 e. The molecule has 1 fully saturated rings. The zero-order valence-electron chi connectivity index (χ0n) is 9.15. The van der Waals surface area contributed by atoms with Crippen molar-refractivity contribution in [2.75, 3.05) is 26.2 Å². The maximum atomic E-state index is 11.7. The fraction of sp³-hybridized carbons (Fsp3) is 1.00. The van der Waals surface area contributed by atoms with Crippen LogP contribution in [-0.2, 0) is 10.2 Å². The Morgan fingerprint density at radius 1 is 1.33 bits per heavy atom. The molecule has 1 heterocycles. The summed E-state index contributed by atoms with van der Waals surface area (Å²) in [6.45, 7) is 3.34. The van der Waals surface area contributed by atoms with Crippen molar-refractivity contribution >= 4 is 10.2 Å². The van der Waals surface area contributed by atoms with Gasteiger partial charge in [0.25, 0.3) is 10.2 Å². The Kier molecular flexibility index (Phi) is 4.98. The summed E-state index contributed by atoms with van der Waals surface area (Å²) in [5.74, 6) is -0.0374. The van der Waals surface area contributed by atoms with E-state index in [0.29, 0.717) is 19.6 Å². The van der Waals surface area contributed by atoms with Crippen LogP contribution in [0.4, 0.5) is 0 Å². The number of nitrogens with zero attached hydrogens (tertiary/aromatic N) is 1. The van der Waals surface area contributed by atoms with Crippen molar-refractivity contribution in [2.45, 2.75) is 26.2 Å². The molecule has 0 aromatic carbocycles. The first-order valence-corrected chi connectivity index (χ1v) is 6.86. The fourth-order valence-corrected chi connectivity index (χ4v) is 2.93. The third kappa shape index (κ3) is 4.06. The van der Waals surface area contributed by atoms with E-state index in [9.17, 15) is 8.42 Å². The van der Waals surface area contributed by atoms with E-state index in [2.05, 4.69) is 4.72 Å². The van der Waals surface area contributed by atoms with Gasteiger partial charge in [-0.2, -0.15) is 12.7 Å². The summed E-state index contributed by atoms with van der Waals surface area (Å²) in [6.07, 6.45) is 2.99. The molecule has 0 spiro atoms. The van der Waals surface area contributed by atoms with E-state index >= 15 is 0 Å². The van der Waals surface area contributed by atoms with E-state index in [1.54, 1.807) is 6.92 Å². The number of rotatable bonds is 5. The zero-order valence-corrected chi connectivity index (χ0v) is 9.96. The van der Waals surface area contributed by atoms with Crippen LogP contribution < -0.4 is 4.72 Å². The molecular formula is C9H20N2O3S. The second-order valence-corrected chi connectivity index (χ2v) is 5.86. The van der Waals surface area contributed by atoms with Crippen LogP contribution in [0.1, 0.15) is 26.2 Å². The molecule has 2 N–H and O–H groups in total. The standard InChI is InChI=1S/C9H20N2O3S/c1-9(8-12)7-10-15(13,14)11-5-3-2-4-6-11/h9-10,12H,2-8H2,1H3/t9-/m1/s1. The van der Waals surface area contributed by atoms with Crippen LogP contribution >= 0.6 is 0 Å². The second kappa shape index (κ2) is 5.79. The average molecular weight is 236 g/mol. The minimum atomic E-state index is -3.32. The molecule has 0 aromatic rings. The third-order valence-corrected chi connectivity index (χ3v) is 4.16. The van der Waals surface area contributed by atoms with Gasteiger partial charge in [-0.3, -0.25) is 0 Å². The zero-order chi connectivity index (χ0) is 11.3. The van der Waals surface area contributed by atoms with Crippen LogP contribution in [0.5, 0.6) is 0 Å². The van der Waals surface area contributed by atoms with Gasteiger partial charge in [-0.05, 0) is 18.8 Å². The first-order valence-electron chi connectivity index (χ1n) is 5.42. The lowest BCUT2D eigenvalue weighted by atomic mass is 10.2. The number of aliphatic hydroxyl groups excluding tert-OH is 1. The summed E-state index contributed by atoms with van der Waals surface area (Å²) in [6, 6.07) is 0. The van der Waals surface area contributed by atoms with Crippen molar-refractivity contribution in [3.05, 3.63) is 0 Å². The lowest BCUT2D eigenvalue weighted by Gasteiger charge is -2.26. The number of nitrogens with one attached hydrogen (secondary N) is 1. The lowest BCUT2D eigenvalue weighted by molar-refractivity contribution is 0.237. The van der Waals surface area contributed by atoms with Gasteiger partial charge in [-0.1, -0.05) is 13.3 Å². The maximum Gasteiger partial charge on any atom is 0.279 e. The molecule has 1 atom stereocenters. The normalized spacial score (nSPS) is 21.5. The summed E-state index contributed by atoms with van der Waals surface area (Å²) in [7, 11) is -3.32. The Hall–Kier alpha value is -0.170. The molecule has 1 aliphatic heterocycles. The van der Waals surface area contributed by atoms with Crippen LogP contribution in [-0.4, -0.2) is 44.1 Å². The molecule has 0 saturated carbocycles. The average Bonchev–Trinajstić information content (AvgIpc) is 2.27. The maximum absolute atomic E-state index is 11.7.